The fourth-order valence-corrected chi connectivity index (χ4v) is 5.45. The van der Waals surface area contributed by atoms with Crippen LogP contribution in [0.2, 0.25) is 0 Å². The van der Waals surface area contributed by atoms with Crippen molar-refractivity contribution in [3.8, 4) is 6.07 Å². The Kier molecular flexibility index (Phi) is 23.9. The summed E-state index contributed by atoms with van der Waals surface area (Å²) < 4.78 is 16.5. The topological polar surface area (TPSA) is 143 Å². The Balaban J connectivity index is 2.29. The van der Waals surface area contributed by atoms with E-state index in [1.165, 1.54) is 44.9 Å². The van der Waals surface area contributed by atoms with E-state index < -0.39 is 24.1 Å². The molecule has 0 aromatic rings. The molecule has 1 aliphatic rings. The Morgan fingerprint density at radius 3 is 1.93 bits per heavy atom. The summed E-state index contributed by atoms with van der Waals surface area (Å²) in [4.78, 5) is 49.7. The number of esters is 3. The maximum absolute atomic E-state index is 12.9. The Hall–Kier alpha value is -2.67. The van der Waals surface area contributed by atoms with Gasteiger partial charge in [0.1, 0.15) is 12.1 Å². The van der Waals surface area contributed by atoms with Gasteiger partial charge < -0.3 is 19.3 Å². The number of carboxylic acids is 1. The summed E-state index contributed by atoms with van der Waals surface area (Å²) in [7, 11) is 0. The molecule has 0 bridgehead atoms. The zero-order valence-corrected chi connectivity index (χ0v) is 27.2. The van der Waals surface area contributed by atoms with Crippen LogP contribution in [0.25, 0.3) is 0 Å². The van der Waals surface area contributed by atoms with Gasteiger partial charge >= 0.3 is 23.9 Å². The van der Waals surface area contributed by atoms with Crippen molar-refractivity contribution in [2.45, 2.75) is 160 Å². The molecule has 0 spiro atoms. The van der Waals surface area contributed by atoms with Gasteiger partial charge in [0.25, 0.3) is 0 Å². The largest absolute Gasteiger partial charge is 0.481 e. The molecule has 0 amide bonds. The fourth-order valence-electron chi connectivity index (χ4n) is 5.45. The van der Waals surface area contributed by atoms with E-state index in [-0.39, 0.29) is 31.2 Å². The van der Waals surface area contributed by atoms with Gasteiger partial charge in [-0.1, -0.05) is 84.0 Å². The minimum absolute atomic E-state index is 0.0316. The molecule has 10 nitrogen and oxygen atoms in total. The molecule has 1 aliphatic heterocycles. The molecule has 0 aliphatic carbocycles. The minimum atomic E-state index is -0.781. The molecule has 0 aromatic carbocycles. The summed E-state index contributed by atoms with van der Waals surface area (Å²) in [6.07, 6.45) is 18.0. The van der Waals surface area contributed by atoms with Crippen molar-refractivity contribution < 1.29 is 38.5 Å². The maximum atomic E-state index is 12.9. The predicted molar refractivity (Wildman–Crippen MR) is 168 cm³/mol. The SMILES string of the molecule is CCCCCCCCCCCOC(=O)CCCCCN1C[C@@H](OC(=O)CCC#N)C[C@H]1C(=O)OCCCCCCCC(=O)O. The van der Waals surface area contributed by atoms with Gasteiger partial charge in [0.15, 0.2) is 0 Å². The van der Waals surface area contributed by atoms with Gasteiger partial charge in [-0.05, 0) is 38.6 Å². The second-order valence-electron chi connectivity index (χ2n) is 12.0. The summed E-state index contributed by atoms with van der Waals surface area (Å²) in [5.41, 5.74) is 0. The number of nitriles is 1. The third-order valence-corrected chi connectivity index (χ3v) is 7.99. The van der Waals surface area contributed by atoms with Crippen LogP contribution < -0.4 is 0 Å². The molecule has 1 N–H and O–H groups in total. The van der Waals surface area contributed by atoms with Crippen LogP contribution in [-0.2, 0) is 33.4 Å². The number of carbonyl (C=O) groups excluding carboxylic acids is 3. The van der Waals surface area contributed by atoms with E-state index in [2.05, 4.69) is 6.92 Å². The zero-order chi connectivity index (χ0) is 32.3. The highest BCUT2D eigenvalue weighted by Crippen LogP contribution is 2.23. The molecule has 0 unspecified atom stereocenters. The zero-order valence-electron chi connectivity index (χ0n) is 27.2. The third-order valence-electron chi connectivity index (χ3n) is 7.99. The molecule has 10 heteroatoms. The molecule has 1 heterocycles. The predicted octanol–water partition coefficient (Wildman–Crippen LogP) is 6.88. The summed E-state index contributed by atoms with van der Waals surface area (Å²) in [6.45, 7) is 4.08. The molecule has 0 radical (unpaired) electrons. The van der Waals surface area contributed by atoms with Crippen molar-refractivity contribution >= 4 is 23.9 Å². The molecule has 0 saturated carbocycles. The molecular formula is C34H58N2O8. The Morgan fingerprint density at radius 2 is 1.30 bits per heavy atom. The summed E-state index contributed by atoms with van der Waals surface area (Å²) in [5.74, 6) is -1.70. The van der Waals surface area contributed by atoms with Crippen LogP contribution in [0, 0.1) is 11.3 Å². The molecule has 2 atom stereocenters. The van der Waals surface area contributed by atoms with Crippen molar-refractivity contribution in [1.29, 1.82) is 5.26 Å². The van der Waals surface area contributed by atoms with E-state index in [1.54, 1.807) is 0 Å². The van der Waals surface area contributed by atoms with Gasteiger partial charge in [-0.25, -0.2) is 0 Å². The number of rotatable bonds is 28. The van der Waals surface area contributed by atoms with Crippen molar-refractivity contribution in [3.05, 3.63) is 0 Å². The summed E-state index contributed by atoms with van der Waals surface area (Å²) >= 11 is 0. The maximum Gasteiger partial charge on any atom is 0.323 e. The molecular weight excluding hydrogens is 564 g/mol. The van der Waals surface area contributed by atoms with E-state index in [1.807, 2.05) is 11.0 Å². The van der Waals surface area contributed by atoms with E-state index in [0.29, 0.717) is 52.0 Å². The first-order valence-electron chi connectivity index (χ1n) is 17.2. The smallest absolute Gasteiger partial charge is 0.323 e. The third kappa shape index (κ3) is 21.1. The van der Waals surface area contributed by atoms with Gasteiger partial charge in [0.2, 0.25) is 0 Å². The first-order valence-corrected chi connectivity index (χ1v) is 17.2. The van der Waals surface area contributed by atoms with Gasteiger partial charge in [-0.15, -0.1) is 0 Å². The lowest BCUT2D eigenvalue weighted by molar-refractivity contribution is -0.151. The molecule has 1 fully saturated rings. The number of ether oxygens (including phenoxy) is 3. The Labute approximate surface area is 265 Å². The van der Waals surface area contributed by atoms with Crippen LogP contribution in [0.4, 0.5) is 0 Å². The highest BCUT2D eigenvalue weighted by atomic mass is 16.6. The molecule has 252 valence electrons. The highest BCUT2D eigenvalue weighted by Gasteiger charge is 2.39. The average molecular weight is 623 g/mol. The van der Waals surface area contributed by atoms with Crippen LogP contribution in [0.1, 0.15) is 148 Å². The lowest BCUT2D eigenvalue weighted by Crippen LogP contribution is -2.38. The van der Waals surface area contributed by atoms with Crippen LogP contribution >= 0.6 is 0 Å². The summed E-state index contributed by atoms with van der Waals surface area (Å²) in [6, 6.07) is 1.44. The van der Waals surface area contributed by atoms with Gasteiger partial charge in [0.05, 0.1) is 25.7 Å². The minimum Gasteiger partial charge on any atom is -0.481 e. The van der Waals surface area contributed by atoms with Gasteiger partial charge in [-0.3, -0.25) is 24.1 Å². The Morgan fingerprint density at radius 1 is 0.727 bits per heavy atom. The summed E-state index contributed by atoms with van der Waals surface area (Å²) in [5, 5.41) is 17.4. The first kappa shape index (κ1) is 39.4. The number of unbranched alkanes of at least 4 members (excludes halogenated alkanes) is 14. The van der Waals surface area contributed by atoms with E-state index in [9.17, 15) is 19.2 Å². The average Bonchev–Trinajstić information content (AvgIpc) is 3.40. The van der Waals surface area contributed by atoms with Crippen molar-refractivity contribution in [1.82, 2.24) is 4.90 Å². The number of carboxylic acid groups (broad SMARTS) is 1. The second kappa shape index (κ2) is 26.7. The Bertz CT molecular complexity index is 844. The quantitative estimate of drug-likeness (QED) is 0.0557. The van der Waals surface area contributed by atoms with Crippen LogP contribution in [0.5, 0.6) is 0 Å². The van der Waals surface area contributed by atoms with Crippen LogP contribution in [0.3, 0.4) is 0 Å². The van der Waals surface area contributed by atoms with Gasteiger partial charge in [0, 0.05) is 32.2 Å². The molecule has 1 rings (SSSR count). The monoisotopic (exact) mass is 622 g/mol. The fraction of sp³-hybridized carbons (Fsp3) is 0.853. The van der Waals surface area contributed by atoms with Crippen molar-refractivity contribution in [2.24, 2.45) is 0 Å². The van der Waals surface area contributed by atoms with Crippen LogP contribution in [-0.4, -0.2) is 72.3 Å². The lowest BCUT2D eigenvalue weighted by Gasteiger charge is -2.22. The van der Waals surface area contributed by atoms with Crippen molar-refractivity contribution in [2.75, 3.05) is 26.3 Å². The normalized spacial score (nSPS) is 16.4. The first-order chi connectivity index (χ1) is 21.4. The van der Waals surface area contributed by atoms with E-state index in [0.717, 1.165) is 51.4 Å². The number of hydrogen-bond acceptors (Lipinski definition) is 9. The number of hydrogen-bond donors (Lipinski definition) is 1. The number of nitrogens with zero attached hydrogens (tertiary/aromatic N) is 2. The molecule has 1 saturated heterocycles. The number of likely N-dealkylation sites (tertiary alicyclic amines) is 1. The van der Waals surface area contributed by atoms with Crippen molar-refractivity contribution in [3.63, 3.8) is 0 Å². The number of carbonyl (C=O) groups is 4. The molecule has 44 heavy (non-hydrogen) atoms. The van der Waals surface area contributed by atoms with Gasteiger partial charge in [-0.2, -0.15) is 5.26 Å². The standard InChI is InChI=1S/C34H58N2O8/c1-2-3-4-5-6-7-8-11-17-25-42-32(39)21-15-13-16-24-36-28-29(44-33(40)22-19-23-35)27-30(36)34(41)43-26-18-12-9-10-14-20-31(37)38/h29-30H,2-22,24-28H2,1H3,(H,37,38)/t29-,30-/m0/s1. The molecule has 0 aromatic heterocycles. The lowest BCUT2D eigenvalue weighted by atomic mass is 10.1. The highest BCUT2D eigenvalue weighted by molar-refractivity contribution is 5.76. The second-order valence-corrected chi connectivity index (χ2v) is 12.0. The number of aliphatic carboxylic acids is 1. The van der Waals surface area contributed by atoms with E-state index >= 15 is 0 Å². The van der Waals surface area contributed by atoms with E-state index in [4.69, 9.17) is 24.6 Å². The van der Waals surface area contributed by atoms with Crippen LogP contribution in [0.15, 0.2) is 0 Å².